The third kappa shape index (κ3) is 4.99. The minimum absolute atomic E-state index is 0.0744. The van der Waals surface area contributed by atoms with Crippen molar-refractivity contribution in [2.75, 3.05) is 29.9 Å². The summed E-state index contributed by atoms with van der Waals surface area (Å²) in [5.41, 5.74) is 2.82. The summed E-state index contributed by atoms with van der Waals surface area (Å²) in [5, 5.41) is 8.22. The van der Waals surface area contributed by atoms with Crippen LogP contribution in [0.1, 0.15) is 18.4 Å². The molecular weight excluding hydrogens is 328 g/mol. The molecule has 0 atom stereocenters. The van der Waals surface area contributed by atoms with E-state index in [1.807, 2.05) is 54.6 Å². The molecule has 6 nitrogen and oxygen atoms in total. The molecule has 0 saturated carbocycles. The number of hydrogen-bond acceptors (Lipinski definition) is 3. The molecule has 136 valence electrons. The van der Waals surface area contributed by atoms with E-state index in [-0.39, 0.29) is 18.5 Å². The Bertz CT molecular complexity index is 742. The summed E-state index contributed by atoms with van der Waals surface area (Å²) >= 11 is 0. The highest BCUT2D eigenvalue weighted by atomic mass is 16.2. The van der Waals surface area contributed by atoms with E-state index in [0.717, 1.165) is 30.0 Å². The minimum atomic E-state index is -0.364. The molecule has 3 rings (SSSR count). The molecule has 3 amide bonds. The first-order chi connectivity index (χ1) is 12.7. The molecule has 2 aromatic carbocycles. The Morgan fingerprint density at radius 2 is 1.58 bits per heavy atom. The van der Waals surface area contributed by atoms with Crippen LogP contribution in [0.25, 0.3) is 0 Å². The van der Waals surface area contributed by atoms with Crippen molar-refractivity contribution in [1.29, 1.82) is 0 Å². The number of hydrogen-bond donors (Lipinski definition) is 3. The number of rotatable bonds is 6. The van der Waals surface area contributed by atoms with Gasteiger partial charge in [0.05, 0.1) is 17.9 Å². The summed E-state index contributed by atoms with van der Waals surface area (Å²) < 4.78 is 0. The number of anilines is 2. The number of para-hydroxylation sites is 2. The van der Waals surface area contributed by atoms with Crippen molar-refractivity contribution in [2.24, 2.45) is 0 Å². The maximum absolute atomic E-state index is 12.2. The Labute approximate surface area is 153 Å². The van der Waals surface area contributed by atoms with E-state index < -0.39 is 0 Å². The number of nitrogens with one attached hydrogen (secondary N) is 3. The molecule has 0 radical (unpaired) electrons. The fourth-order valence-corrected chi connectivity index (χ4v) is 3.01. The van der Waals surface area contributed by atoms with Crippen LogP contribution in [0.2, 0.25) is 0 Å². The molecule has 1 heterocycles. The lowest BCUT2D eigenvalue weighted by Gasteiger charge is -2.21. The van der Waals surface area contributed by atoms with Gasteiger partial charge in [-0.2, -0.15) is 0 Å². The summed E-state index contributed by atoms with van der Waals surface area (Å²) in [6.07, 6.45) is 2.34. The fourth-order valence-electron chi connectivity index (χ4n) is 3.01. The molecule has 1 saturated heterocycles. The van der Waals surface area contributed by atoms with Gasteiger partial charge in [0.1, 0.15) is 0 Å². The number of benzene rings is 2. The van der Waals surface area contributed by atoms with Crippen LogP contribution in [0.4, 0.5) is 16.2 Å². The Morgan fingerprint density at radius 1 is 0.885 bits per heavy atom. The maximum Gasteiger partial charge on any atom is 0.315 e. The van der Waals surface area contributed by atoms with Gasteiger partial charge in [0.15, 0.2) is 0 Å². The normalized spacial score (nSPS) is 13.3. The summed E-state index contributed by atoms with van der Waals surface area (Å²) in [5.74, 6) is -0.244. The molecule has 0 bridgehead atoms. The maximum atomic E-state index is 12.2. The zero-order valence-electron chi connectivity index (χ0n) is 14.7. The van der Waals surface area contributed by atoms with E-state index in [9.17, 15) is 9.59 Å². The highest BCUT2D eigenvalue weighted by molar-refractivity contribution is 5.97. The van der Waals surface area contributed by atoms with Crippen molar-refractivity contribution >= 4 is 23.3 Å². The molecule has 0 spiro atoms. The van der Waals surface area contributed by atoms with Crippen LogP contribution < -0.4 is 20.9 Å². The number of carbonyl (C=O) groups is 2. The van der Waals surface area contributed by atoms with Crippen molar-refractivity contribution in [3.05, 3.63) is 60.2 Å². The van der Waals surface area contributed by atoms with Crippen molar-refractivity contribution in [3.63, 3.8) is 0 Å². The Balaban J connectivity index is 1.46. The lowest BCUT2D eigenvalue weighted by atomic mass is 10.2. The predicted molar refractivity (Wildman–Crippen MR) is 103 cm³/mol. The molecule has 1 aliphatic heterocycles. The molecular formula is C20H24N4O2. The van der Waals surface area contributed by atoms with Gasteiger partial charge < -0.3 is 20.9 Å². The fraction of sp³-hybridized carbons (Fsp3) is 0.300. The van der Waals surface area contributed by atoms with E-state index in [1.54, 1.807) is 0 Å². The predicted octanol–water partition coefficient (Wildman–Crippen LogP) is 2.72. The topological polar surface area (TPSA) is 73.5 Å². The molecule has 0 aliphatic carbocycles. The first-order valence-corrected chi connectivity index (χ1v) is 8.92. The van der Waals surface area contributed by atoms with Crippen molar-refractivity contribution in [1.82, 2.24) is 10.6 Å². The second kappa shape index (κ2) is 8.89. The van der Waals surface area contributed by atoms with Crippen molar-refractivity contribution in [2.45, 2.75) is 19.4 Å². The molecule has 0 unspecified atom stereocenters. The van der Waals surface area contributed by atoms with Crippen molar-refractivity contribution < 1.29 is 9.59 Å². The third-order valence-electron chi connectivity index (χ3n) is 4.33. The standard InChI is InChI=1S/C20H24N4O2/c25-19(15-22-20(26)21-14-16-8-2-1-3-9-16)23-17-10-4-5-11-18(17)24-12-6-7-13-24/h1-5,8-11H,6-7,12-15H2,(H,23,25)(H2,21,22,26). The van der Waals surface area contributed by atoms with Gasteiger partial charge in [0, 0.05) is 19.6 Å². The summed E-state index contributed by atoms with van der Waals surface area (Å²) in [6, 6.07) is 17.0. The zero-order valence-corrected chi connectivity index (χ0v) is 14.7. The quantitative estimate of drug-likeness (QED) is 0.748. The molecule has 1 fully saturated rings. The van der Waals surface area contributed by atoms with E-state index in [2.05, 4.69) is 20.9 Å². The molecule has 0 aromatic heterocycles. The average molecular weight is 352 g/mol. The molecule has 3 N–H and O–H groups in total. The van der Waals surface area contributed by atoms with Crippen LogP contribution in [-0.2, 0) is 11.3 Å². The molecule has 2 aromatic rings. The van der Waals surface area contributed by atoms with Crippen LogP contribution in [0, 0.1) is 0 Å². The van der Waals surface area contributed by atoms with Gasteiger partial charge >= 0.3 is 6.03 Å². The van der Waals surface area contributed by atoms with Crippen LogP contribution in [0.5, 0.6) is 0 Å². The van der Waals surface area contributed by atoms with E-state index in [0.29, 0.717) is 6.54 Å². The van der Waals surface area contributed by atoms with Crippen molar-refractivity contribution in [3.8, 4) is 0 Å². The van der Waals surface area contributed by atoms with Crippen LogP contribution in [-0.4, -0.2) is 31.6 Å². The van der Waals surface area contributed by atoms with Gasteiger partial charge in [0.2, 0.25) is 5.91 Å². The highest BCUT2D eigenvalue weighted by Gasteiger charge is 2.16. The summed E-state index contributed by atoms with van der Waals surface area (Å²) in [7, 11) is 0. The summed E-state index contributed by atoms with van der Waals surface area (Å²) in [4.78, 5) is 26.3. The smallest absolute Gasteiger partial charge is 0.315 e. The molecule has 1 aliphatic rings. The van der Waals surface area contributed by atoms with Gasteiger partial charge in [-0.3, -0.25) is 4.79 Å². The van der Waals surface area contributed by atoms with Crippen LogP contribution in [0.15, 0.2) is 54.6 Å². The van der Waals surface area contributed by atoms with E-state index in [4.69, 9.17) is 0 Å². The number of carbonyl (C=O) groups excluding carboxylic acids is 2. The first kappa shape index (κ1) is 17.8. The number of urea groups is 1. The monoisotopic (exact) mass is 352 g/mol. The van der Waals surface area contributed by atoms with Crippen LogP contribution in [0.3, 0.4) is 0 Å². The highest BCUT2D eigenvalue weighted by Crippen LogP contribution is 2.28. The minimum Gasteiger partial charge on any atom is -0.370 e. The number of amides is 3. The second-order valence-corrected chi connectivity index (χ2v) is 6.28. The SMILES string of the molecule is O=C(CNC(=O)NCc1ccccc1)Nc1ccccc1N1CCCC1. The number of nitrogens with zero attached hydrogens (tertiary/aromatic N) is 1. The summed E-state index contributed by atoms with van der Waals surface area (Å²) in [6.45, 7) is 2.36. The van der Waals surface area contributed by atoms with E-state index >= 15 is 0 Å². The van der Waals surface area contributed by atoms with Gasteiger partial charge in [-0.25, -0.2) is 4.79 Å². The largest absolute Gasteiger partial charge is 0.370 e. The third-order valence-corrected chi connectivity index (χ3v) is 4.33. The van der Waals surface area contributed by atoms with Gasteiger partial charge in [0.25, 0.3) is 0 Å². The second-order valence-electron chi connectivity index (χ2n) is 6.28. The van der Waals surface area contributed by atoms with Gasteiger partial charge in [-0.15, -0.1) is 0 Å². The molecule has 6 heteroatoms. The lowest BCUT2D eigenvalue weighted by Crippen LogP contribution is -2.39. The van der Waals surface area contributed by atoms with Crippen LogP contribution >= 0.6 is 0 Å². The Hall–Kier alpha value is -3.02. The zero-order chi connectivity index (χ0) is 18.2. The average Bonchev–Trinajstić information content (AvgIpc) is 3.20. The first-order valence-electron chi connectivity index (χ1n) is 8.92. The van der Waals surface area contributed by atoms with Gasteiger partial charge in [-0.1, -0.05) is 42.5 Å². The Morgan fingerprint density at radius 3 is 2.35 bits per heavy atom. The Kier molecular flexibility index (Phi) is 6.09. The van der Waals surface area contributed by atoms with Gasteiger partial charge in [-0.05, 0) is 30.5 Å². The van der Waals surface area contributed by atoms with E-state index in [1.165, 1.54) is 12.8 Å². The molecule has 26 heavy (non-hydrogen) atoms. The lowest BCUT2D eigenvalue weighted by molar-refractivity contribution is -0.115.